The first-order valence-corrected chi connectivity index (χ1v) is 9.97. The molecule has 0 N–H and O–H groups in total. The van der Waals surface area contributed by atoms with Crippen LogP contribution in [0.2, 0.25) is 0 Å². The van der Waals surface area contributed by atoms with Crippen molar-refractivity contribution in [3.8, 4) is 0 Å². The van der Waals surface area contributed by atoms with E-state index in [4.69, 9.17) is 4.74 Å². The topological polar surface area (TPSA) is 60.4 Å². The van der Waals surface area contributed by atoms with Crippen LogP contribution in [-0.4, -0.2) is 23.6 Å². The van der Waals surface area contributed by atoms with E-state index >= 15 is 0 Å². The van der Waals surface area contributed by atoms with Crippen molar-refractivity contribution in [2.75, 3.05) is 0 Å². The second-order valence-corrected chi connectivity index (χ2v) is 9.66. The van der Waals surface area contributed by atoms with E-state index in [-0.39, 0.29) is 40.4 Å². The fourth-order valence-corrected chi connectivity index (χ4v) is 7.27. The van der Waals surface area contributed by atoms with E-state index in [0.29, 0.717) is 30.6 Å². The van der Waals surface area contributed by atoms with Crippen molar-refractivity contribution in [2.45, 2.75) is 78.2 Å². The Morgan fingerprint density at radius 3 is 2.52 bits per heavy atom. The highest BCUT2D eigenvalue weighted by Gasteiger charge is 2.62. The SMILES string of the molecule is CC(=O)O[C@H]1CC[C@H]2[C@@H]3CC(=O)C4C(=O)CC[C@@]4(C)[C@H]3CC[C@]2(C)C1. The van der Waals surface area contributed by atoms with Crippen LogP contribution < -0.4 is 0 Å². The molecule has 0 aromatic rings. The van der Waals surface area contributed by atoms with Crippen molar-refractivity contribution in [3.63, 3.8) is 0 Å². The van der Waals surface area contributed by atoms with Gasteiger partial charge in [-0.25, -0.2) is 0 Å². The molecule has 138 valence electrons. The number of Topliss-reactive ketones (excluding diaryl/α,β-unsaturated/α-hetero) is 2. The van der Waals surface area contributed by atoms with Gasteiger partial charge in [0.25, 0.3) is 0 Å². The summed E-state index contributed by atoms with van der Waals surface area (Å²) in [6, 6.07) is 0. The first kappa shape index (κ1) is 17.2. The number of fused-ring (bicyclic) bond motifs is 5. The molecule has 4 heteroatoms. The lowest BCUT2D eigenvalue weighted by molar-refractivity contribution is -0.163. The van der Waals surface area contributed by atoms with Crippen LogP contribution in [0.3, 0.4) is 0 Å². The fourth-order valence-electron chi connectivity index (χ4n) is 7.27. The average molecular weight is 346 g/mol. The zero-order valence-corrected chi connectivity index (χ0v) is 15.7. The molecule has 0 saturated heterocycles. The van der Waals surface area contributed by atoms with Crippen molar-refractivity contribution >= 4 is 17.5 Å². The van der Waals surface area contributed by atoms with E-state index in [1.807, 2.05) is 0 Å². The van der Waals surface area contributed by atoms with E-state index in [0.717, 1.165) is 38.5 Å². The number of hydrogen-bond acceptors (Lipinski definition) is 4. The molecule has 0 amide bonds. The van der Waals surface area contributed by atoms with E-state index in [1.165, 1.54) is 6.92 Å². The van der Waals surface area contributed by atoms with Gasteiger partial charge in [0.2, 0.25) is 0 Å². The Labute approximate surface area is 150 Å². The van der Waals surface area contributed by atoms with Gasteiger partial charge in [0.15, 0.2) is 0 Å². The maximum atomic E-state index is 12.8. The molecule has 4 aliphatic carbocycles. The van der Waals surface area contributed by atoms with Crippen molar-refractivity contribution in [3.05, 3.63) is 0 Å². The van der Waals surface area contributed by atoms with Gasteiger partial charge in [0.05, 0.1) is 5.92 Å². The molecule has 0 aromatic heterocycles. The second kappa shape index (κ2) is 5.65. The molecule has 7 atom stereocenters. The number of carbonyl (C=O) groups is 3. The van der Waals surface area contributed by atoms with Gasteiger partial charge >= 0.3 is 5.97 Å². The molecule has 0 spiro atoms. The van der Waals surface area contributed by atoms with Gasteiger partial charge in [0, 0.05) is 19.8 Å². The Morgan fingerprint density at radius 2 is 1.80 bits per heavy atom. The van der Waals surface area contributed by atoms with Crippen LogP contribution in [-0.2, 0) is 19.1 Å². The highest BCUT2D eigenvalue weighted by Crippen LogP contribution is 2.64. The van der Waals surface area contributed by atoms with Crippen LogP contribution in [0, 0.1) is 34.5 Å². The van der Waals surface area contributed by atoms with Crippen LogP contribution in [0.4, 0.5) is 0 Å². The van der Waals surface area contributed by atoms with Crippen molar-refractivity contribution in [2.24, 2.45) is 34.5 Å². The average Bonchev–Trinajstić information content (AvgIpc) is 2.82. The summed E-state index contributed by atoms with van der Waals surface area (Å²) in [5.41, 5.74) is 0.0524. The van der Waals surface area contributed by atoms with Crippen molar-refractivity contribution < 1.29 is 19.1 Å². The molecular weight excluding hydrogens is 316 g/mol. The Balaban J connectivity index is 1.60. The lowest BCUT2D eigenvalue weighted by atomic mass is 9.45. The predicted octanol–water partition coefficient (Wildman–Crippen LogP) is 3.71. The monoisotopic (exact) mass is 346 g/mol. The van der Waals surface area contributed by atoms with Gasteiger partial charge in [0.1, 0.15) is 17.7 Å². The largest absolute Gasteiger partial charge is 0.463 e. The molecule has 0 heterocycles. The summed E-state index contributed by atoms with van der Waals surface area (Å²) >= 11 is 0. The maximum Gasteiger partial charge on any atom is 0.302 e. The van der Waals surface area contributed by atoms with Gasteiger partial charge in [-0.15, -0.1) is 0 Å². The van der Waals surface area contributed by atoms with E-state index in [2.05, 4.69) is 13.8 Å². The first-order valence-electron chi connectivity index (χ1n) is 9.97. The van der Waals surface area contributed by atoms with Gasteiger partial charge in [-0.2, -0.15) is 0 Å². The lowest BCUT2D eigenvalue weighted by Crippen LogP contribution is -2.56. The number of hydrogen-bond donors (Lipinski definition) is 0. The third-order valence-corrected chi connectivity index (χ3v) is 8.28. The molecule has 4 fully saturated rings. The molecule has 4 aliphatic rings. The molecule has 4 nitrogen and oxygen atoms in total. The van der Waals surface area contributed by atoms with Crippen LogP contribution in [0.25, 0.3) is 0 Å². The zero-order valence-electron chi connectivity index (χ0n) is 15.7. The molecule has 4 rings (SSSR count). The summed E-state index contributed by atoms with van der Waals surface area (Å²) in [7, 11) is 0. The van der Waals surface area contributed by atoms with E-state index in [1.54, 1.807) is 0 Å². The van der Waals surface area contributed by atoms with E-state index < -0.39 is 0 Å². The smallest absolute Gasteiger partial charge is 0.302 e. The quantitative estimate of drug-likeness (QED) is 0.536. The third-order valence-electron chi connectivity index (χ3n) is 8.28. The fraction of sp³-hybridized carbons (Fsp3) is 0.857. The summed E-state index contributed by atoms with van der Waals surface area (Å²) in [5, 5.41) is 0. The Morgan fingerprint density at radius 1 is 1.04 bits per heavy atom. The second-order valence-electron chi connectivity index (χ2n) is 9.66. The summed E-state index contributed by atoms with van der Waals surface area (Å²) in [5.74, 6) is 1.33. The van der Waals surface area contributed by atoms with Crippen molar-refractivity contribution in [1.29, 1.82) is 0 Å². The van der Waals surface area contributed by atoms with Gasteiger partial charge < -0.3 is 4.74 Å². The molecule has 0 aliphatic heterocycles. The zero-order chi connectivity index (χ0) is 18.0. The summed E-state index contributed by atoms with van der Waals surface area (Å²) in [6.45, 7) is 6.04. The molecule has 0 bridgehead atoms. The number of ether oxygens (including phenoxy) is 1. The van der Waals surface area contributed by atoms with Crippen LogP contribution in [0.15, 0.2) is 0 Å². The Hall–Kier alpha value is -1.19. The highest BCUT2D eigenvalue weighted by molar-refractivity contribution is 6.05. The summed E-state index contributed by atoms with van der Waals surface area (Å²) < 4.78 is 5.52. The number of ketones is 2. The standard InChI is InChI=1S/C21H30O4/c1-12(22)25-13-4-5-15-14-10-18(24)19-17(23)7-9-21(19,3)16(14)6-8-20(15,2)11-13/h13-16,19H,4-11H2,1-3H3/t13-,14-,15-,16-,19?,20+,21-/m0/s1. The van der Waals surface area contributed by atoms with Crippen LogP contribution >= 0.6 is 0 Å². The molecule has 1 unspecified atom stereocenters. The van der Waals surface area contributed by atoms with Crippen LogP contribution in [0.5, 0.6) is 0 Å². The Kier molecular flexibility index (Phi) is 3.90. The van der Waals surface area contributed by atoms with Crippen molar-refractivity contribution in [1.82, 2.24) is 0 Å². The third kappa shape index (κ3) is 2.50. The minimum absolute atomic E-state index is 0.0333. The number of esters is 1. The summed E-state index contributed by atoms with van der Waals surface area (Å²) in [6.07, 6.45) is 7.22. The van der Waals surface area contributed by atoms with E-state index in [9.17, 15) is 14.4 Å². The van der Waals surface area contributed by atoms with Gasteiger partial charge in [-0.05, 0) is 67.1 Å². The predicted molar refractivity (Wildman–Crippen MR) is 92.7 cm³/mol. The normalized spacial score (nSPS) is 49.2. The van der Waals surface area contributed by atoms with Gasteiger partial charge in [-0.3, -0.25) is 14.4 Å². The summed E-state index contributed by atoms with van der Waals surface area (Å²) in [4.78, 5) is 36.5. The molecular formula is C21H30O4. The van der Waals surface area contributed by atoms with Gasteiger partial charge in [-0.1, -0.05) is 13.8 Å². The lowest BCUT2D eigenvalue weighted by Gasteiger charge is -2.59. The molecule has 0 aromatic carbocycles. The highest BCUT2D eigenvalue weighted by atomic mass is 16.5. The molecule has 0 radical (unpaired) electrons. The number of rotatable bonds is 1. The minimum atomic E-state index is -0.324. The number of carbonyl (C=O) groups excluding carboxylic acids is 3. The minimum Gasteiger partial charge on any atom is -0.463 e. The van der Waals surface area contributed by atoms with Crippen LogP contribution in [0.1, 0.15) is 72.1 Å². The first-order chi connectivity index (χ1) is 11.7. The maximum absolute atomic E-state index is 12.8. The Bertz CT molecular complexity index is 625. The molecule has 4 saturated carbocycles. The molecule has 25 heavy (non-hydrogen) atoms.